The minimum Gasteiger partial charge on any atom is -0.328 e. The Kier molecular flexibility index (Phi) is 4.23. The molecule has 0 amide bonds. The van der Waals surface area contributed by atoms with Crippen LogP contribution in [0.4, 0.5) is 4.39 Å². The first-order chi connectivity index (χ1) is 5.33. The van der Waals surface area contributed by atoms with Gasteiger partial charge in [0.2, 0.25) is 0 Å². The quantitative estimate of drug-likeness (QED) is 0.711. The van der Waals surface area contributed by atoms with Crippen LogP contribution in [0.3, 0.4) is 0 Å². The molecule has 0 aromatic rings. The molecule has 1 saturated heterocycles. The van der Waals surface area contributed by atoms with E-state index in [2.05, 4.69) is 0 Å². The molecule has 11 heavy (non-hydrogen) atoms. The summed E-state index contributed by atoms with van der Waals surface area (Å²) in [6.45, 7) is 0.196. The monoisotopic (exact) mass is 177 g/mol. The van der Waals surface area contributed by atoms with E-state index in [4.69, 9.17) is 5.73 Å². The zero-order chi connectivity index (χ0) is 8.10. The molecular formula is C8H16FNS. The van der Waals surface area contributed by atoms with Crippen molar-refractivity contribution in [3.8, 4) is 0 Å². The first-order valence-corrected chi connectivity index (χ1v) is 5.40. The van der Waals surface area contributed by atoms with Crippen molar-refractivity contribution in [1.82, 2.24) is 0 Å². The molecule has 1 aliphatic rings. The van der Waals surface area contributed by atoms with Gasteiger partial charge >= 0.3 is 0 Å². The Labute approximate surface area is 71.9 Å². The number of alkyl halides is 1. The molecule has 0 aromatic carbocycles. The predicted octanol–water partition coefficient (Wildman–Crippen LogP) is 1.82. The molecule has 1 nitrogen and oxygen atoms in total. The van der Waals surface area contributed by atoms with Crippen LogP contribution in [0, 0.1) is 5.92 Å². The smallest absolute Gasteiger partial charge is 0.113 e. The highest BCUT2D eigenvalue weighted by atomic mass is 32.2. The predicted molar refractivity (Wildman–Crippen MR) is 48.6 cm³/mol. The normalized spacial score (nSPS) is 28.4. The van der Waals surface area contributed by atoms with E-state index in [0.717, 1.165) is 5.75 Å². The van der Waals surface area contributed by atoms with Gasteiger partial charge in [0.25, 0.3) is 0 Å². The average Bonchev–Trinajstić information content (AvgIpc) is 2.06. The maximum Gasteiger partial charge on any atom is 0.113 e. The van der Waals surface area contributed by atoms with Gasteiger partial charge in [-0.1, -0.05) is 0 Å². The topological polar surface area (TPSA) is 26.0 Å². The van der Waals surface area contributed by atoms with E-state index in [1.54, 1.807) is 0 Å². The molecule has 0 bridgehead atoms. The molecule has 1 aliphatic heterocycles. The SMILES string of the molecule is NCC(F)CC1CCCSC1. The minimum atomic E-state index is -0.765. The van der Waals surface area contributed by atoms with E-state index in [9.17, 15) is 4.39 Å². The Morgan fingerprint density at radius 3 is 3.00 bits per heavy atom. The van der Waals surface area contributed by atoms with Gasteiger partial charge in [-0.15, -0.1) is 0 Å². The maximum absolute atomic E-state index is 12.8. The first kappa shape index (κ1) is 9.33. The fourth-order valence-corrected chi connectivity index (χ4v) is 2.62. The molecule has 0 aliphatic carbocycles. The fraction of sp³-hybridized carbons (Fsp3) is 1.00. The summed E-state index contributed by atoms with van der Waals surface area (Å²) in [4.78, 5) is 0. The largest absolute Gasteiger partial charge is 0.328 e. The van der Waals surface area contributed by atoms with Gasteiger partial charge in [-0.05, 0) is 36.7 Å². The van der Waals surface area contributed by atoms with E-state index < -0.39 is 6.17 Å². The summed E-state index contributed by atoms with van der Waals surface area (Å²) in [6, 6.07) is 0. The van der Waals surface area contributed by atoms with Crippen LogP contribution < -0.4 is 5.73 Å². The van der Waals surface area contributed by atoms with Crippen molar-refractivity contribution >= 4 is 11.8 Å². The second-order valence-electron chi connectivity index (χ2n) is 3.15. The van der Waals surface area contributed by atoms with E-state index in [0.29, 0.717) is 12.3 Å². The third kappa shape index (κ3) is 3.43. The number of thioether (sulfide) groups is 1. The number of rotatable bonds is 3. The van der Waals surface area contributed by atoms with Crippen LogP contribution in [-0.4, -0.2) is 24.2 Å². The van der Waals surface area contributed by atoms with Gasteiger partial charge in [-0.25, -0.2) is 4.39 Å². The number of nitrogens with two attached hydrogens (primary N) is 1. The van der Waals surface area contributed by atoms with E-state index in [1.807, 2.05) is 11.8 Å². The van der Waals surface area contributed by atoms with Crippen LogP contribution >= 0.6 is 11.8 Å². The number of hydrogen-bond acceptors (Lipinski definition) is 2. The van der Waals surface area contributed by atoms with Gasteiger partial charge < -0.3 is 5.73 Å². The number of halogens is 1. The lowest BCUT2D eigenvalue weighted by Crippen LogP contribution is -2.21. The minimum absolute atomic E-state index is 0.196. The Morgan fingerprint density at radius 2 is 2.45 bits per heavy atom. The first-order valence-electron chi connectivity index (χ1n) is 4.25. The maximum atomic E-state index is 12.8. The van der Waals surface area contributed by atoms with Crippen LogP contribution in [0.15, 0.2) is 0 Å². The van der Waals surface area contributed by atoms with Crippen molar-refractivity contribution in [1.29, 1.82) is 0 Å². The van der Waals surface area contributed by atoms with Gasteiger partial charge in [0.05, 0.1) is 0 Å². The van der Waals surface area contributed by atoms with Crippen LogP contribution in [0.5, 0.6) is 0 Å². The Hall–Kier alpha value is 0.240. The molecule has 0 saturated carbocycles. The summed E-state index contributed by atoms with van der Waals surface area (Å²) in [5.41, 5.74) is 5.21. The van der Waals surface area contributed by atoms with E-state index in [-0.39, 0.29) is 6.54 Å². The molecular weight excluding hydrogens is 161 g/mol. The lowest BCUT2D eigenvalue weighted by molar-refractivity contribution is 0.275. The zero-order valence-electron chi connectivity index (χ0n) is 6.76. The highest BCUT2D eigenvalue weighted by molar-refractivity contribution is 7.99. The lowest BCUT2D eigenvalue weighted by atomic mass is 9.99. The molecule has 0 aromatic heterocycles. The molecule has 0 radical (unpaired) electrons. The molecule has 1 fully saturated rings. The van der Waals surface area contributed by atoms with Crippen LogP contribution in [0.2, 0.25) is 0 Å². The third-order valence-corrected chi connectivity index (χ3v) is 3.38. The van der Waals surface area contributed by atoms with Crippen molar-refractivity contribution in [2.75, 3.05) is 18.1 Å². The molecule has 2 N–H and O–H groups in total. The van der Waals surface area contributed by atoms with Gasteiger partial charge in [-0.2, -0.15) is 11.8 Å². The molecule has 1 rings (SSSR count). The lowest BCUT2D eigenvalue weighted by Gasteiger charge is -2.22. The Balaban J connectivity index is 2.13. The molecule has 2 unspecified atom stereocenters. The van der Waals surface area contributed by atoms with Gasteiger partial charge in [0.1, 0.15) is 6.17 Å². The van der Waals surface area contributed by atoms with Crippen molar-refractivity contribution in [2.24, 2.45) is 11.7 Å². The Morgan fingerprint density at radius 1 is 1.64 bits per heavy atom. The van der Waals surface area contributed by atoms with Crippen molar-refractivity contribution in [3.63, 3.8) is 0 Å². The average molecular weight is 177 g/mol. The Bertz CT molecular complexity index is 104. The molecule has 66 valence electrons. The van der Waals surface area contributed by atoms with Crippen molar-refractivity contribution in [2.45, 2.75) is 25.4 Å². The second kappa shape index (κ2) is 4.99. The van der Waals surface area contributed by atoms with Gasteiger partial charge in [0, 0.05) is 6.54 Å². The standard InChI is InChI=1S/C8H16FNS/c9-8(5-10)4-7-2-1-3-11-6-7/h7-8H,1-6,10H2. The van der Waals surface area contributed by atoms with Crippen LogP contribution in [0.25, 0.3) is 0 Å². The summed E-state index contributed by atoms with van der Waals surface area (Å²) < 4.78 is 12.8. The third-order valence-electron chi connectivity index (χ3n) is 2.10. The molecule has 2 atom stereocenters. The highest BCUT2D eigenvalue weighted by Crippen LogP contribution is 2.26. The summed E-state index contributed by atoms with van der Waals surface area (Å²) in [5.74, 6) is 2.99. The summed E-state index contributed by atoms with van der Waals surface area (Å²) >= 11 is 1.95. The van der Waals surface area contributed by atoms with Gasteiger partial charge in [0.15, 0.2) is 0 Å². The fourth-order valence-electron chi connectivity index (χ4n) is 1.45. The highest BCUT2D eigenvalue weighted by Gasteiger charge is 2.17. The summed E-state index contributed by atoms with van der Waals surface area (Å²) in [5, 5.41) is 0. The number of hydrogen-bond donors (Lipinski definition) is 1. The molecule has 3 heteroatoms. The van der Waals surface area contributed by atoms with Crippen molar-refractivity contribution < 1.29 is 4.39 Å². The molecule has 1 heterocycles. The zero-order valence-corrected chi connectivity index (χ0v) is 7.58. The summed E-state index contributed by atoms with van der Waals surface area (Å²) in [6.07, 6.45) is 2.38. The van der Waals surface area contributed by atoms with Crippen molar-refractivity contribution in [3.05, 3.63) is 0 Å². The van der Waals surface area contributed by atoms with Crippen LogP contribution in [0.1, 0.15) is 19.3 Å². The summed E-state index contributed by atoms with van der Waals surface area (Å²) in [7, 11) is 0. The second-order valence-corrected chi connectivity index (χ2v) is 4.30. The van der Waals surface area contributed by atoms with E-state index in [1.165, 1.54) is 18.6 Å². The molecule has 0 spiro atoms. The van der Waals surface area contributed by atoms with Gasteiger partial charge in [-0.3, -0.25) is 0 Å². The van der Waals surface area contributed by atoms with E-state index >= 15 is 0 Å². The van der Waals surface area contributed by atoms with Crippen LogP contribution in [-0.2, 0) is 0 Å².